The van der Waals surface area contributed by atoms with Gasteiger partial charge in [0, 0.05) is 37.1 Å². The van der Waals surface area contributed by atoms with Crippen LogP contribution in [0.15, 0.2) is 146 Å². The maximum Gasteiger partial charge on any atom is 0.116 e. The van der Waals surface area contributed by atoms with E-state index in [4.69, 9.17) is 0 Å². The fourth-order valence-corrected chi connectivity index (χ4v) is 7.80. The molecule has 0 bridgehead atoms. The van der Waals surface area contributed by atoms with Crippen LogP contribution in [0.25, 0.3) is 86.0 Å². The van der Waals surface area contributed by atoms with E-state index in [1.165, 1.54) is 69.7 Å². The van der Waals surface area contributed by atoms with Gasteiger partial charge in [0.15, 0.2) is 0 Å². The second-order valence-electron chi connectivity index (χ2n) is 11.0. The van der Waals surface area contributed by atoms with Gasteiger partial charge in [-0.3, -0.25) is 0 Å². The van der Waals surface area contributed by atoms with Gasteiger partial charge in [0.25, 0.3) is 0 Å². The van der Waals surface area contributed by atoms with Gasteiger partial charge in [-0.25, -0.2) is 9.97 Å². The highest BCUT2D eigenvalue weighted by Gasteiger charge is 2.13. The van der Waals surface area contributed by atoms with Gasteiger partial charge in [-0.2, -0.15) is 0 Å². The van der Waals surface area contributed by atoms with E-state index >= 15 is 0 Å². The van der Waals surface area contributed by atoms with Crippen molar-refractivity contribution in [1.29, 1.82) is 0 Å². The molecule has 0 spiro atoms. The van der Waals surface area contributed by atoms with Gasteiger partial charge in [-0.1, -0.05) is 109 Å². The largest absolute Gasteiger partial charge is 0.244 e. The van der Waals surface area contributed by atoms with E-state index in [9.17, 15) is 0 Å². The number of aromatic nitrogens is 2. The molecule has 0 radical (unpaired) electrons. The van der Waals surface area contributed by atoms with E-state index in [0.29, 0.717) is 0 Å². The molecule has 200 valence electrons. The first kappa shape index (κ1) is 24.2. The highest BCUT2D eigenvalue weighted by Crippen LogP contribution is 2.41. The van der Waals surface area contributed by atoms with E-state index in [1.54, 1.807) is 6.33 Å². The highest BCUT2D eigenvalue weighted by atomic mass is 32.1. The zero-order valence-corrected chi connectivity index (χ0v) is 24.0. The van der Waals surface area contributed by atoms with Crippen LogP contribution in [0.2, 0.25) is 0 Å². The highest BCUT2D eigenvalue weighted by molar-refractivity contribution is 7.26. The molecule has 2 aromatic heterocycles. The Morgan fingerprint density at radius 3 is 1.86 bits per heavy atom. The molecule has 0 amide bonds. The fourth-order valence-electron chi connectivity index (χ4n) is 6.57. The molecule has 0 aliphatic rings. The third kappa shape index (κ3) is 3.86. The summed E-state index contributed by atoms with van der Waals surface area (Å²) >= 11 is 1.88. The monoisotopic (exact) mass is 564 g/mol. The van der Waals surface area contributed by atoms with Crippen molar-refractivity contribution in [2.45, 2.75) is 0 Å². The van der Waals surface area contributed by atoms with Gasteiger partial charge in [0.1, 0.15) is 6.33 Å². The minimum Gasteiger partial charge on any atom is -0.244 e. The Kier molecular flexibility index (Phi) is 5.40. The molecule has 0 saturated heterocycles. The van der Waals surface area contributed by atoms with Crippen LogP contribution in [-0.2, 0) is 0 Å². The Bertz CT molecular complexity index is 2490. The number of hydrogen-bond donors (Lipinski definition) is 0. The topological polar surface area (TPSA) is 25.8 Å². The number of rotatable bonds is 3. The van der Waals surface area contributed by atoms with Crippen molar-refractivity contribution in [3.05, 3.63) is 146 Å². The van der Waals surface area contributed by atoms with Crippen LogP contribution in [0, 0.1) is 0 Å². The molecule has 2 nitrogen and oxygen atoms in total. The van der Waals surface area contributed by atoms with E-state index < -0.39 is 0 Å². The molecule has 0 saturated carbocycles. The molecule has 9 aromatic rings. The Balaban J connectivity index is 1.17. The van der Waals surface area contributed by atoms with Crippen molar-refractivity contribution >= 4 is 64.0 Å². The van der Waals surface area contributed by atoms with Crippen LogP contribution in [0.1, 0.15) is 0 Å². The summed E-state index contributed by atoms with van der Waals surface area (Å²) in [7, 11) is 0. The molecule has 9 rings (SSSR count). The number of nitrogens with zero attached hydrogens (tertiary/aromatic N) is 2. The van der Waals surface area contributed by atoms with Crippen molar-refractivity contribution in [2.24, 2.45) is 0 Å². The lowest BCUT2D eigenvalue weighted by atomic mass is 9.93. The van der Waals surface area contributed by atoms with Gasteiger partial charge in [0.2, 0.25) is 0 Å². The molecule has 2 heterocycles. The second-order valence-corrected chi connectivity index (χ2v) is 12.1. The summed E-state index contributed by atoms with van der Waals surface area (Å²) in [6.45, 7) is 0. The first-order valence-corrected chi connectivity index (χ1v) is 15.3. The molecular formula is C40H24N2S. The Labute approximate surface area is 252 Å². The maximum atomic E-state index is 4.67. The fraction of sp³-hybridized carbons (Fsp3) is 0. The predicted molar refractivity (Wildman–Crippen MR) is 184 cm³/mol. The smallest absolute Gasteiger partial charge is 0.116 e. The Hall–Kier alpha value is -5.38. The van der Waals surface area contributed by atoms with Gasteiger partial charge in [0.05, 0.1) is 5.52 Å². The summed E-state index contributed by atoms with van der Waals surface area (Å²) in [5.74, 6) is 0. The quantitative estimate of drug-likeness (QED) is 0.199. The molecule has 0 fully saturated rings. The van der Waals surface area contributed by atoms with Crippen molar-refractivity contribution in [2.75, 3.05) is 0 Å². The van der Waals surface area contributed by atoms with Crippen molar-refractivity contribution in [1.82, 2.24) is 9.97 Å². The van der Waals surface area contributed by atoms with Crippen LogP contribution in [0.3, 0.4) is 0 Å². The van der Waals surface area contributed by atoms with Crippen molar-refractivity contribution in [3.8, 4) is 33.4 Å². The zero-order valence-electron chi connectivity index (χ0n) is 23.2. The number of benzene rings is 7. The lowest BCUT2D eigenvalue weighted by Gasteiger charge is -2.12. The Morgan fingerprint density at radius 2 is 1.05 bits per heavy atom. The van der Waals surface area contributed by atoms with Gasteiger partial charge < -0.3 is 0 Å². The molecule has 7 aromatic carbocycles. The molecule has 0 atom stereocenters. The zero-order chi connectivity index (χ0) is 28.3. The summed E-state index contributed by atoms with van der Waals surface area (Å²) in [5, 5.41) is 8.52. The summed E-state index contributed by atoms with van der Waals surface area (Å²) in [6.07, 6.45) is 3.57. The van der Waals surface area contributed by atoms with E-state index in [-0.39, 0.29) is 0 Å². The van der Waals surface area contributed by atoms with Gasteiger partial charge >= 0.3 is 0 Å². The average molecular weight is 565 g/mol. The Morgan fingerprint density at radius 1 is 0.419 bits per heavy atom. The number of thiophene rings is 1. The summed E-state index contributed by atoms with van der Waals surface area (Å²) < 4.78 is 2.67. The third-order valence-corrected chi connectivity index (χ3v) is 9.82. The third-order valence-electron chi connectivity index (χ3n) is 8.60. The summed E-state index contributed by atoms with van der Waals surface area (Å²) in [4.78, 5) is 8.98. The average Bonchev–Trinajstić information content (AvgIpc) is 3.47. The standard InChI is InChI=1S/C40H24N2S/c1-2-13-32-31(12-1)36-22-28(18-19-34(36)39-37(32)23-41-24-42-39)26-9-5-8-25(20-26)27-10-6-11-29(21-27)30-15-7-16-35-33-14-3-4-17-38(33)43-40(30)35/h1-24H. The number of fused-ring (bicyclic) bond motifs is 9. The maximum absolute atomic E-state index is 4.67. The van der Waals surface area contributed by atoms with E-state index in [0.717, 1.165) is 16.3 Å². The molecule has 43 heavy (non-hydrogen) atoms. The minimum atomic E-state index is 0.995. The van der Waals surface area contributed by atoms with Gasteiger partial charge in [-0.15, -0.1) is 11.3 Å². The number of hydrogen-bond acceptors (Lipinski definition) is 3. The van der Waals surface area contributed by atoms with E-state index in [1.807, 2.05) is 17.5 Å². The lowest BCUT2D eigenvalue weighted by molar-refractivity contribution is 1.23. The minimum absolute atomic E-state index is 0.995. The molecular weight excluding hydrogens is 541 g/mol. The summed E-state index contributed by atoms with van der Waals surface area (Å²) in [5.41, 5.74) is 8.34. The summed E-state index contributed by atoms with van der Waals surface area (Å²) in [6, 6.07) is 48.5. The van der Waals surface area contributed by atoms with Crippen LogP contribution >= 0.6 is 11.3 Å². The second kappa shape index (κ2) is 9.59. The molecule has 0 unspecified atom stereocenters. The van der Waals surface area contributed by atoms with Crippen LogP contribution < -0.4 is 0 Å². The SMILES string of the molecule is c1cc(-c2cccc(-c3cccc4c3sc3ccccc34)c2)cc(-c2ccc3c(c2)c2ccccc2c2cncnc32)c1. The predicted octanol–water partition coefficient (Wildman–Crippen LogP) is 11.3. The first-order chi connectivity index (χ1) is 21.3. The molecule has 3 heteroatoms. The van der Waals surface area contributed by atoms with E-state index in [2.05, 4.69) is 143 Å². The molecule has 0 aliphatic heterocycles. The van der Waals surface area contributed by atoms with Crippen LogP contribution in [-0.4, -0.2) is 9.97 Å². The first-order valence-electron chi connectivity index (χ1n) is 14.5. The van der Waals surface area contributed by atoms with Crippen LogP contribution in [0.5, 0.6) is 0 Å². The van der Waals surface area contributed by atoms with Crippen molar-refractivity contribution < 1.29 is 0 Å². The van der Waals surface area contributed by atoms with Gasteiger partial charge in [-0.05, 0) is 73.8 Å². The normalized spacial score (nSPS) is 11.7. The lowest BCUT2D eigenvalue weighted by Crippen LogP contribution is -1.88. The van der Waals surface area contributed by atoms with Crippen LogP contribution in [0.4, 0.5) is 0 Å². The molecule has 0 aliphatic carbocycles. The molecule has 0 N–H and O–H groups in total. The van der Waals surface area contributed by atoms with Crippen molar-refractivity contribution in [3.63, 3.8) is 0 Å².